The van der Waals surface area contributed by atoms with Crippen molar-refractivity contribution in [2.24, 2.45) is 5.73 Å². The molecule has 0 aliphatic carbocycles. The standard InChI is InChI=1S/C15H24FN3O/c1-4-8-18-9-12-13(16)6-5-7-14(12)19(11(2)3)10-15(17)20/h5-7,11,18H,4,8-10H2,1-3H3,(H2,17,20). The van der Waals surface area contributed by atoms with Crippen LogP contribution in [0.1, 0.15) is 32.8 Å². The number of nitrogens with two attached hydrogens (primary N) is 1. The van der Waals surface area contributed by atoms with E-state index < -0.39 is 5.91 Å². The van der Waals surface area contributed by atoms with Crippen molar-refractivity contribution in [3.8, 4) is 0 Å². The summed E-state index contributed by atoms with van der Waals surface area (Å²) in [7, 11) is 0. The second kappa shape index (κ2) is 7.85. The van der Waals surface area contributed by atoms with Gasteiger partial charge in [-0.2, -0.15) is 0 Å². The number of anilines is 1. The van der Waals surface area contributed by atoms with Crippen molar-refractivity contribution in [3.63, 3.8) is 0 Å². The molecule has 1 amide bonds. The first kappa shape index (κ1) is 16.4. The number of hydrogen-bond acceptors (Lipinski definition) is 3. The first-order valence-electron chi connectivity index (χ1n) is 7.00. The lowest BCUT2D eigenvalue weighted by Gasteiger charge is -2.30. The Balaban J connectivity index is 3.06. The number of halogens is 1. The molecule has 0 fully saturated rings. The maximum absolute atomic E-state index is 14.1. The van der Waals surface area contributed by atoms with E-state index in [-0.39, 0.29) is 18.4 Å². The molecule has 0 atom stereocenters. The summed E-state index contributed by atoms with van der Waals surface area (Å²) in [4.78, 5) is 13.0. The highest BCUT2D eigenvalue weighted by Gasteiger charge is 2.18. The monoisotopic (exact) mass is 281 g/mol. The molecule has 0 radical (unpaired) electrons. The third-order valence-electron chi connectivity index (χ3n) is 3.08. The maximum atomic E-state index is 14.1. The van der Waals surface area contributed by atoms with Gasteiger partial charge in [0.1, 0.15) is 5.82 Å². The average Bonchev–Trinajstić information content (AvgIpc) is 2.37. The van der Waals surface area contributed by atoms with Gasteiger partial charge in [0.15, 0.2) is 0 Å². The zero-order valence-electron chi connectivity index (χ0n) is 12.4. The largest absolute Gasteiger partial charge is 0.368 e. The Morgan fingerprint density at radius 2 is 2.15 bits per heavy atom. The van der Waals surface area contributed by atoms with E-state index in [4.69, 9.17) is 5.73 Å². The number of primary amides is 1. The Morgan fingerprint density at radius 3 is 2.70 bits per heavy atom. The van der Waals surface area contributed by atoms with E-state index in [0.717, 1.165) is 18.7 Å². The SMILES string of the molecule is CCCNCc1c(F)cccc1N(CC(N)=O)C(C)C. The zero-order chi connectivity index (χ0) is 15.1. The summed E-state index contributed by atoms with van der Waals surface area (Å²) in [5.74, 6) is -0.684. The molecule has 20 heavy (non-hydrogen) atoms. The van der Waals surface area contributed by atoms with Crippen LogP contribution in [0, 0.1) is 5.82 Å². The molecule has 0 spiro atoms. The molecule has 5 heteroatoms. The van der Waals surface area contributed by atoms with Gasteiger partial charge in [0.25, 0.3) is 0 Å². The number of hydrogen-bond donors (Lipinski definition) is 2. The molecule has 0 heterocycles. The van der Waals surface area contributed by atoms with Gasteiger partial charge >= 0.3 is 0 Å². The lowest BCUT2D eigenvalue weighted by atomic mass is 10.1. The number of benzene rings is 1. The first-order chi connectivity index (χ1) is 9.47. The maximum Gasteiger partial charge on any atom is 0.236 e. The van der Waals surface area contributed by atoms with E-state index in [1.165, 1.54) is 6.07 Å². The fourth-order valence-corrected chi connectivity index (χ4v) is 2.10. The number of carbonyl (C=O) groups is 1. The van der Waals surface area contributed by atoms with Gasteiger partial charge in [0, 0.05) is 23.8 Å². The zero-order valence-corrected chi connectivity index (χ0v) is 12.4. The van der Waals surface area contributed by atoms with Crippen molar-refractivity contribution in [1.82, 2.24) is 5.32 Å². The smallest absolute Gasteiger partial charge is 0.236 e. The van der Waals surface area contributed by atoms with Gasteiger partial charge in [-0.15, -0.1) is 0 Å². The van der Waals surface area contributed by atoms with Crippen LogP contribution in [-0.2, 0) is 11.3 Å². The van der Waals surface area contributed by atoms with Crippen molar-refractivity contribution in [2.45, 2.75) is 39.8 Å². The number of rotatable bonds is 8. The molecule has 0 aliphatic heterocycles. The molecular weight excluding hydrogens is 257 g/mol. The van der Waals surface area contributed by atoms with Crippen molar-refractivity contribution in [2.75, 3.05) is 18.0 Å². The van der Waals surface area contributed by atoms with E-state index in [1.807, 2.05) is 24.8 Å². The summed E-state index contributed by atoms with van der Waals surface area (Å²) in [5.41, 5.74) is 6.59. The second-order valence-electron chi connectivity index (χ2n) is 5.10. The number of nitrogens with one attached hydrogen (secondary N) is 1. The number of carbonyl (C=O) groups excluding carboxylic acids is 1. The molecule has 0 aliphatic rings. The fourth-order valence-electron chi connectivity index (χ4n) is 2.10. The summed E-state index contributed by atoms with van der Waals surface area (Å²) < 4.78 is 14.1. The third kappa shape index (κ3) is 4.49. The van der Waals surface area contributed by atoms with Gasteiger partial charge in [0.05, 0.1) is 6.54 Å². The summed E-state index contributed by atoms with van der Waals surface area (Å²) in [5, 5.41) is 3.20. The van der Waals surface area contributed by atoms with Crippen LogP contribution in [0.3, 0.4) is 0 Å². The molecule has 1 rings (SSSR count). The second-order valence-corrected chi connectivity index (χ2v) is 5.10. The van der Waals surface area contributed by atoms with Crippen LogP contribution in [0.4, 0.5) is 10.1 Å². The summed E-state index contributed by atoms with van der Waals surface area (Å²) in [6, 6.07) is 4.99. The molecule has 0 unspecified atom stereocenters. The lowest BCUT2D eigenvalue weighted by Crippen LogP contribution is -2.39. The highest BCUT2D eigenvalue weighted by molar-refractivity contribution is 5.80. The van der Waals surface area contributed by atoms with Crippen LogP contribution in [0.2, 0.25) is 0 Å². The minimum atomic E-state index is -0.421. The number of amides is 1. The molecule has 1 aromatic carbocycles. The molecule has 0 bridgehead atoms. The molecule has 4 nitrogen and oxygen atoms in total. The molecule has 1 aromatic rings. The Morgan fingerprint density at radius 1 is 1.45 bits per heavy atom. The van der Waals surface area contributed by atoms with Gasteiger partial charge in [-0.1, -0.05) is 13.0 Å². The Hall–Kier alpha value is -1.62. The topological polar surface area (TPSA) is 58.4 Å². The van der Waals surface area contributed by atoms with Crippen molar-refractivity contribution >= 4 is 11.6 Å². The van der Waals surface area contributed by atoms with E-state index in [9.17, 15) is 9.18 Å². The van der Waals surface area contributed by atoms with E-state index in [2.05, 4.69) is 12.2 Å². The summed E-state index contributed by atoms with van der Waals surface area (Å²) in [6.45, 7) is 7.32. The molecule has 3 N–H and O–H groups in total. The number of nitrogens with zero attached hydrogens (tertiary/aromatic N) is 1. The van der Waals surface area contributed by atoms with Crippen molar-refractivity contribution in [3.05, 3.63) is 29.6 Å². The minimum Gasteiger partial charge on any atom is -0.368 e. The van der Waals surface area contributed by atoms with Crippen LogP contribution in [0.5, 0.6) is 0 Å². The van der Waals surface area contributed by atoms with Crippen LogP contribution >= 0.6 is 0 Å². The van der Waals surface area contributed by atoms with Crippen LogP contribution in [0.25, 0.3) is 0 Å². The van der Waals surface area contributed by atoms with Crippen molar-refractivity contribution < 1.29 is 9.18 Å². The molecule has 112 valence electrons. The average molecular weight is 281 g/mol. The molecule has 0 saturated heterocycles. The predicted molar refractivity (Wildman–Crippen MR) is 80.1 cm³/mol. The highest BCUT2D eigenvalue weighted by atomic mass is 19.1. The normalized spacial score (nSPS) is 10.8. The molecule has 0 saturated carbocycles. The quantitative estimate of drug-likeness (QED) is 0.717. The van der Waals surface area contributed by atoms with Gasteiger partial charge < -0.3 is 16.0 Å². The van der Waals surface area contributed by atoms with Crippen molar-refractivity contribution in [1.29, 1.82) is 0 Å². The van der Waals surface area contributed by atoms with E-state index in [0.29, 0.717) is 12.1 Å². The van der Waals surface area contributed by atoms with Gasteiger partial charge in [0.2, 0.25) is 5.91 Å². The Labute approximate surface area is 120 Å². The van der Waals surface area contributed by atoms with Gasteiger partial charge in [-0.25, -0.2) is 4.39 Å². The Kier molecular flexibility index (Phi) is 6.45. The summed E-state index contributed by atoms with van der Waals surface area (Å²) in [6.07, 6.45) is 0.985. The minimum absolute atomic E-state index is 0.0641. The summed E-state index contributed by atoms with van der Waals surface area (Å²) >= 11 is 0. The fraction of sp³-hybridized carbons (Fsp3) is 0.533. The predicted octanol–water partition coefficient (Wildman–Crippen LogP) is 2.03. The molecule has 0 aromatic heterocycles. The molecular formula is C15H24FN3O. The first-order valence-corrected chi connectivity index (χ1v) is 7.00. The van der Waals surface area contributed by atoms with Gasteiger partial charge in [-0.3, -0.25) is 4.79 Å². The van der Waals surface area contributed by atoms with Crippen LogP contribution in [0.15, 0.2) is 18.2 Å². The highest BCUT2D eigenvalue weighted by Crippen LogP contribution is 2.25. The van der Waals surface area contributed by atoms with E-state index >= 15 is 0 Å². The van der Waals surface area contributed by atoms with E-state index in [1.54, 1.807) is 6.07 Å². The lowest BCUT2D eigenvalue weighted by molar-refractivity contribution is -0.116. The van der Waals surface area contributed by atoms with Crippen LogP contribution in [-0.4, -0.2) is 25.0 Å². The Bertz CT molecular complexity index is 449. The van der Waals surface area contributed by atoms with Crippen LogP contribution < -0.4 is 16.0 Å². The third-order valence-corrected chi connectivity index (χ3v) is 3.08. The van der Waals surface area contributed by atoms with Gasteiger partial charge in [-0.05, 0) is 38.9 Å².